The minimum absolute atomic E-state index is 0.0188. The van der Waals surface area contributed by atoms with Gasteiger partial charge in [-0.2, -0.15) is 0 Å². The van der Waals surface area contributed by atoms with Crippen LogP contribution in [0.5, 0.6) is 5.75 Å². The van der Waals surface area contributed by atoms with E-state index in [0.717, 1.165) is 4.90 Å². The lowest BCUT2D eigenvalue weighted by molar-refractivity contribution is -0.146. The predicted octanol–water partition coefficient (Wildman–Crippen LogP) is 2.45. The summed E-state index contributed by atoms with van der Waals surface area (Å²) in [5.41, 5.74) is 0.722. The first-order valence-corrected chi connectivity index (χ1v) is 10.3. The van der Waals surface area contributed by atoms with E-state index in [1.54, 1.807) is 6.07 Å². The molecule has 1 aliphatic heterocycles. The van der Waals surface area contributed by atoms with Crippen LogP contribution in [0.1, 0.15) is 37.3 Å². The van der Waals surface area contributed by atoms with E-state index in [9.17, 15) is 24.3 Å². The number of aryl methyl sites for hydroxylation is 1. The number of amides is 2. The van der Waals surface area contributed by atoms with Gasteiger partial charge in [0.25, 0.3) is 0 Å². The molecule has 1 aliphatic carbocycles. The second-order valence-electron chi connectivity index (χ2n) is 7.82. The van der Waals surface area contributed by atoms with E-state index in [1.807, 2.05) is 19.1 Å². The van der Waals surface area contributed by atoms with Gasteiger partial charge in [0.2, 0.25) is 11.8 Å². The summed E-state index contributed by atoms with van der Waals surface area (Å²) in [5.74, 6) is -1.66. The fourth-order valence-corrected chi connectivity index (χ4v) is 4.23. The Kier molecular flexibility index (Phi) is 5.63. The van der Waals surface area contributed by atoms with Crippen LogP contribution in [0, 0.1) is 11.8 Å². The standard InChI is InChI=1S/C23H23NO7/c1-2-13-9-17-14(10-21(27)31-19(17)11-18(13)25)12-30-20(26)7-8-24-22(28)15-5-3-4-6-16(15)23(24)29/h3-4,9-11,15-16,25H,2,5-8,12H2,1H3/t15-,16-/m0/s1. The summed E-state index contributed by atoms with van der Waals surface area (Å²) in [6, 6.07) is 4.32. The normalized spacial score (nSPS) is 20.4. The second kappa shape index (κ2) is 8.37. The van der Waals surface area contributed by atoms with Gasteiger partial charge >= 0.3 is 11.6 Å². The van der Waals surface area contributed by atoms with Crippen molar-refractivity contribution in [2.45, 2.75) is 39.2 Å². The van der Waals surface area contributed by atoms with Gasteiger partial charge in [-0.25, -0.2) is 4.79 Å². The first-order valence-electron chi connectivity index (χ1n) is 10.3. The van der Waals surface area contributed by atoms with E-state index >= 15 is 0 Å². The maximum atomic E-state index is 12.5. The van der Waals surface area contributed by atoms with E-state index in [0.29, 0.717) is 35.8 Å². The number of nitrogens with zero attached hydrogens (tertiary/aromatic N) is 1. The molecule has 2 aliphatic rings. The number of ether oxygens (including phenoxy) is 1. The van der Waals surface area contributed by atoms with E-state index < -0.39 is 11.6 Å². The fraction of sp³-hybridized carbons (Fsp3) is 0.391. The van der Waals surface area contributed by atoms with Gasteiger partial charge in [0.05, 0.1) is 18.3 Å². The molecule has 31 heavy (non-hydrogen) atoms. The molecule has 1 fully saturated rings. The zero-order valence-electron chi connectivity index (χ0n) is 17.1. The topological polar surface area (TPSA) is 114 Å². The van der Waals surface area contributed by atoms with E-state index in [4.69, 9.17) is 9.15 Å². The average Bonchev–Trinajstić information content (AvgIpc) is 3.00. The summed E-state index contributed by atoms with van der Waals surface area (Å²) < 4.78 is 10.4. The monoisotopic (exact) mass is 425 g/mol. The summed E-state index contributed by atoms with van der Waals surface area (Å²) in [6.45, 7) is 1.70. The molecule has 0 saturated carbocycles. The Hall–Kier alpha value is -3.42. The Morgan fingerprint density at radius 2 is 1.77 bits per heavy atom. The van der Waals surface area contributed by atoms with E-state index in [-0.39, 0.29) is 54.6 Å². The number of carbonyl (C=O) groups excluding carboxylic acids is 3. The number of aromatic hydroxyl groups is 1. The third-order valence-electron chi connectivity index (χ3n) is 5.94. The molecule has 8 nitrogen and oxygen atoms in total. The first kappa shape index (κ1) is 20.8. The van der Waals surface area contributed by atoms with E-state index in [1.165, 1.54) is 12.1 Å². The highest BCUT2D eigenvalue weighted by Gasteiger charge is 2.46. The highest BCUT2D eigenvalue weighted by atomic mass is 16.5. The Balaban J connectivity index is 1.41. The van der Waals surface area contributed by atoms with E-state index in [2.05, 4.69) is 0 Å². The van der Waals surface area contributed by atoms with Gasteiger partial charge in [0, 0.05) is 29.6 Å². The number of esters is 1. The minimum atomic E-state index is -0.619. The van der Waals surface area contributed by atoms with Gasteiger partial charge in [-0.15, -0.1) is 0 Å². The number of benzene rings is 1. The number of fused-ring (bicyclic) bond motifs is 2. The summed E-state index contributed by atoms with van der Waals surface area (Å²) in [6.07, 6.45) is 5.38. The second-order valence-corrected chi connectivity index (χ2v) is 7.82. The van der Waals surface area contributed by atoms with Crippen LogP contribution in [0.3, 0.4) is 0 Å². The third-order valence-corrected chi connectivity index (χ3v) is 5.94. The largest absolute Gasteiger partial charge is 0.508 e. The zero-order valence-corrected chi connectivity index (χ0v) is 17.1. The van der Waals surface area contributed by atoms with Crippen molar-refractivity contribution in [2.75, 3.05) is 6.54 Å². The van der Waals surface area contributed by atoms with Crippen LogP contribution in [0.15, 0.2) is 39.6 Å². The van der Waals surface area contributed by atoms with Crippen LogP contribution in [0.4, 0.5) is 0 Å². The maximum absolute atomic E-state index is 12.5. The Bertz CT molecular complexity index is 1120. The number of phenolic OH excluding ortho intramolecular Hbond substituents is 1. The van der Waals surface area contributed by atoms with Gasteiger partial charge in [-0.3, -0.25) is 19.3 Å². The molecule has 2 aromatic rings. The van der Waals surface area contributed by atoms with Crippen LogP contribution in [-0.4, -0.2) is 34.3 Å². The summed E-state index contributed by atoms with van der Waals surface area (Å²) in [4.78, 5) is 50.2. The molecule has 8 heteroatoms. The molecule has 4 rings (SSSR count). The van der Waals surface area contributed by atoms with Crippen molar-refractivity contribution >= 4 is 28.8 Å². The highest BCUT2D eigenvalue weighted by molar-refractivity contribution is 6.05. The van der Waals surface area contributed by atoms with Crippen molar-refractivity contribution < 1.29 is 28.6 Å². The first-order chi connectivity index (χ1) is 14.9. The van der Waals surface area contributed by atoms with Gasteiger partial charge in [0.15, 0.2) is 0 Å². The van der Waals surface area contributed by atoms with Crippen LogP contribution < -0.4 is 5.63 Å². The Morgan fingerprint density at radius 3 is 2.42 bits per heavy atom. The molecule has 1 aromatic heterocycles. The molecule has 1 N–H and O–H groups in total. The highest BCUT2D eigenvalue weighted by Crippen LogP contribution is 2.35. The maximum Gasteiger partial charge on any atom is 0.336 e. The van der Waals surface area contributed by atoms with Gasteiger partial charge in [-0.1, -0.05) is 19.1 Å². The molecule has 0 unspecified atom stereocenters. The number of carbonyl (C=O) groups is 3. The summed E-state index contributed by atoms with van der Waals surface area (Å²) in [7, 11) is 0. The smallest absolute Gasteiger partial charge is 0.336 e. The third kappa shape index (κ3) is 3.97. The lowest BCUT2D eigenvalue weighted by Gasteiger charge is -2.14. The van der Waals surface area contributed by atoms with Crippen molar-refractivity contribution in [1.29, 1.82) is 0 Å². The summed E-state index contributed by atoms with van der Waals surface area (Å²) >= 11 is 0. The van der Waals surface area contributed by atoms with Crippen LogP contribution in [-0.2, 0) is 32.1 Å². The van der Waals surface area contributed by atoms with Crippen molar-refractivity contribution in [3.63, 3.8) is 0 Å². The Labute approximate surface area is 178 Å². The Morgan fingerprint density at radius 1 is 1.10 bits per heavy atom. The van der Waals surface area contributed by atoms with Crippen molar-refractivity contribution in [3.8, 4) is 5.75 Å². The molecule has 1 saturated heterocycles. The number of phenols is 1. The molecule has 1 aromatic carbocycles. The number of imide groups is 1. The number of rotatable bonds is 6. The van der Waals surface area contributed by atoms with Crippen LogP contribution in [0.25, 0.3) is 11.0 Å². The lowest BCUT2D eigenvalue weighted by atomic mass is 9.85. The molecule has 0 spiro atoms. The summed E-state index contributed by atoms with van der Waals surface area (Å²) in [5, 5.41) is 10.6. The minimum Gasteiger partial charge on any atom is -0.508 e. The van der Waals surface area contributed by atoms with Crippen molar-refractivity contribution in [3.05, 3.63) is 51.9 Å². The molecule has 2 heterocycles. The van der Waals surface area contributed by atoms with Crippen molar-refractivity contribution in [2.24, 2.45) is 11.8 Å². The number of hydrogen-bond acceptors (Lipinski definition) is 7. The molecule has 2 atom stereocenters. The molecule has 0 bridgehead atoms. The lowest BCUT2D eigenvalue weighted by Crippen LogP contribution is -2.33. The van der Waals surface area contributed by atoms with Gasteiger partial charge < -0.3 is 14.3 Å². The predicted molar refractivity (Wildman–Crippen MR) is 110 cm³/mol. The fourth-order valence-electron chi connectivity index (χ4n) is 4.23. The van der Waals surface area contributed by atoms with Crippen LogP contribution in [0.2, 0.25) is 0 Å². The number of hydrogen-bond donors (Lipinski definition) is 1. The molecule has 2 amide bonds. The quantitative estimate of drug-likeness (QED) is 0.327. The average molecular weight is 425 g/mol. The number of likely N-dealkylation sites (tertiary alicyclic amines) is 1. The SMILES string of the molecule is CCc1cc2c(COC(=O)CCN3C(=O)[C@H]4CC=CC[C@@H]4C3=O)cc(=O)oc2cc1O. The number of allylic oxidation sites excluding steroid dienone is 2. The van der Waals surface area contributed by atoms with Gasteiger partial charge in [0.1, 0.15) is 17.9 Å². The molecule has 162 valence electrons. The molecular weight excluding hydrogens is 402 g/mol. The van der Waals surface area contributed by atoms with Crippen molar-refractivity contribution in [1.82, 2.24) is 4.90 Å². The van der Waals surface area contributed by atoms with Gasteiger partial charge in [-0.05, 0) is 30.9 Å². The van der Waals surface area contributed by atoms with Crippen LogP contribution >= 0.6 is 0 Å². The molecule has 0 radical (unpaired) electrons. The zero-order chi connectivity index (χ0) is 22.1. The molecular formula is C23H23NO7.